The summed E-state index contributed by atoms with van der Waals surface area (Å²) >= 11 is 3.20. The van der Waals surface area contributed by atoms with Gasteiger partial charge in [0, 0.05) is 6.21 Å². The lowest BCUT2D eigenvalue weighted by atomic mass is 10.3. The quantitative estimate of drug-likeness (QED) is 0.665. The fourth-order valence-electron chi connectivity index (χ4n) is 0.766. The Morgan fingerprint density at radius 1 is 1.40 bits per heavy atom. The first-order valence-corrected chi connectivity index (χ1v) is 7.00. The SMILES string of the molecule is CC(C)(C)[SiH](O)/N=C/c1ccc(Br)nn1. The van der Waals surface area contributed by atoms with E-state index in [1.54, 1.807) is 18.3 Å². The lowest BCUT2D eigenvalue weighted by Crippen LogP contribution is -2.23. The van der Waals surface area contributed by atoms with Crippen LogP contribution in [0.1, 0.15) is 26.5 Å². The van der Waals surface area contributed by atoms with Gasteiger partial charge in [0.1, 0.15) is 10.3 Å². The van der Waals surface area contributed by atoms with Gasteiger partial charge in [0.05, 0.1) is 0 Å². The van der Waals surface area contributed by atoms with Gasteiger partial charge < -0.3 is 4.80 Å². The first-order valence-electron chi connectivity index (χ1n) is 4.60. The molecule has 0 aliphatic rings. The molecule has 0 saturated heterocycles. The maximum Gasteiger partial charge on any atom is 0.305 e. The first-order chi connectivity index (χ1) is 6.89. The van der Waals surface area contributed by atoms with E-state index in [-0.39, 0.29) is 5.04 Å². The molecule has 1 aromatic heterocycles. The second kappa shape index (κ2) is 4.96. The molecule has 82 valence electrons. The van der Waals surface area contributed by atoms with E-state index in [0.717, 1.165) is 0 Å². The zero-order chi connectivity index (χ0) is 11.5. The molecule has 0 amide bonds. The van der Waals surface area contributed by atoms with Crippen molar-refractivity contribution in [2.75, 3.05) is 0 Å². The van der Waals surface area contributed by atoms with Gasteiger partial charge in [-0.05, 0) is 33.1 Å². The molecule has 0 fully saturated rings. The second-order valence-corrected chi connectivity index (χ2v) is 7.89. The lowest BCUT2D eigenvalue weighted by molar-refractivity contribution is 0.512. The highest BCUT2D eigenvalue weighted by Gasteiger charge is 2.23. The van der Waals surface area contributed by atoms with Gasteiger partial charge in [-0.15, -0.1) is 10.2 Å². The summed E-state index contributed by atoms with van der Waals surface area (Å²) in [6.07, 6.45) is 1.58. The van der Waals surface area contributed by atoms with Crippen molar-refractivity contribution in [1.29, 1.82) is 0 Å². The van der Waals surface area contributed by atoms with Gasteiger partial charge in [0.25, 0.3) is 0 Å². The summed E-state index contributed by atoms with van der Waals surface area (Å²) in [6.45, 7) is 5.94. The van der Waals surface area contributed by atoms with Gasteiger partial charge in [-0.2, -0.15) is 0 Å². The highest BCUT2D eigenvalue weighted by atomic mass is 79.9. The van der Waals surface area contributed by atoms with Crippen molar-refractivity contribution in [3.63, 3.8) is 0 Å². The maximum absolute atomic E-state index is 9.79. The summed E-state index contributed by atoms with van der Waals surface area (Å²) in [4.78, 5) is 9.79. The molecule has 0 aliphatic carbocycles. The minimum absolute atomic E-state index is 0.126. The van der Waals surface area contributed by atoms with Gasteiger partial charge in [0.2, 0.25) is 0 Å². The van der Waals surface area contributed by atoms with Crippen LogP contribution in [0.25, 0.3) is 0 Å². The third-order valence-corrected chi connectivity index (χ3v) is 4.18. The average Bonchev–Trinajstić information content (AvgIpc) is 2.15. The summed E-state index contributed by atoms with van der Waals surface area (Å²) in [5, 5.41) is 7.60. The van der Waals surface area contributed by atoms with E-state index in [2.05, 4.69) is 30.8 Å². The monoisotopic (exact) mass is 287 g/mol. The minimum Gasteiger partial charge on any atom is -0.416 e. The van der Waals surface area contributed by atoms with Gasteiger partial charge in [-0.25, -0.2) is 0 Å². The van der Waals surface area contributed by atoms with Crippen molar-refractivity contribution in [2.24, 2.45) is 4.66 Å². The van der Waals surface area contributed by atoms with Crippen LogP contribution in [0.4, 0.5) is 0 Å². The molecule has 0 aliphatic heterocycles. The van der Waals surface area contributed by atoms with Gasteiger partial charge in [-0.3, -0.25) is 4.66 Å². The van der Waals surface area contributed by atoms with E-state index in [9.17, 15) is 4.80 Å². The molecule has 4 nitrogen and oxygen atoms in total. The molecular formula is C9H14BrN3OSi. The molecule has 1 unspecified atom stereocenters. The molecule has 0 bridgehead atoms. The molecule has 15 heavy (non-hydrogen) atoms. The largest absolute Gasteiger partial charge is 0.416 e. The predicted molar refractivity (Wildman–Crippen MR) is 66.4 cm³/mol. The van der Waals surface area contributed by atoms with E-state index in [1.165, 1.54) is 0 Å². The van der Waals surface area contributed by atoms with Crippen molar-refractivity contribution in [1.82, 2.24) is 10.2 Å². The van der Waals surface area contributed by atoms with Crippen molar-refractivity contribution in [3.05, 3.63) is 22.4 Å². The smallest absolute Gasteiger partial charge is 0.305 e. The Bertz CT molecular complexity index is 347. The lowest BCUT2D eigenvalue weighted by Gasteiger charge is -2.19. The van der Waals surface area contributed by atoms with Crippen molar-refractivity contribution < 1.29 is 4.80 Å². The van der Waals surface area contributed by atoms with Crippen molar-refractivity contribution >= 4 is 31.3 Å². The molecule has 6 heteroatoms. The third-order valence-electron chi connectivity index (χ3n) is 1.78. The van der Waals surface area contributed by atoms with Crippen molar-refractivity contribution in [2.45, 2.75) is 25.8 Å². The Balaban J connectivity index is 2.70. The fourth-order valence-corrected chi connectivity index (χ4v) is 1.72. The summed E-state index contributed by atoms with van der Waals surface area (Å²) in [5.41, 5.74) is 0.661. The molecule has 0 aromatic carbocycles. The Kier molecular flexibility index (Phi) is 4.12. The molecule has 1 aromatic rings. The molecule has 0 spiro atoms. The predicted octanol–water partition coefficient (Wildman–Crippen LogP) is 1.67. The third kappa shape index (κ3) is 4.19. The van der Waals surface area contributed by atoms with Crippen LogP contribution in [0.5, 0.6) is 0 Å². The molecule has 0 saturated carbocycles. The van der Waals surface area contributed by atoms with E-state index in [0.29, 0.717) is 10.3 Å². The van der Waals surface area contributed by atoms with Crippen LogP contribution in [0, 0.1) is 0 Å². The summed E-state index contributed by atoms with van der Waals surface area (Å²) in [7, 11) is -2.08. The number of nitrogens with zero attached hydrogens (tertiary/aromatic N) is 3. The first kappa shape index (κ1) is 12.5. The van der Waals surface area contributed by atoms with Gasteiger partial charge in [0.15, 0.2) is 0 Å². The van der Waals surface area contributed by atoms with Crippen LogP contribution >= 0.6 is 15.9 Å². The fraction of sp³-hybridized carbons (Fsp3) is 0.444. The summed E-state index contributed by atoms with van der Waals surface area (Å²) < 4.78 is 4.84. The molecule has 1 N–H and O–H groups in total. The summed E-state index contributed by atoms with van der Waals surface area (Å²) in [6, 6.07) is 3.59. The summed E-state index contributed by atoms with van der Waals surface area (Å²) in [5.74, 6) is 0. The van der Waals surface area contributed by atoms with E-state index < -0.39 is 9.20 Å². The molecular weight excluding hydrogens is 274 g/mol. The van der Waals surface area contributed by atoms with Crippen LogP contribution in [-0.2, 0) is 0 Å². The van der Waals surface area contributed by atoms with Crippen molar-refractivity contribution in [3.8, 4) is 0 Å². The Morgan fingerprint density at radius 2 is 2.07 bits per heavy atom. The van der Waals surface area contributed by atoms with Crippen LogP contribution in [0.15, 0.2) is 21.4 Å². The Hall–Kier alpha value is -0.593. The second-order valence-electron chi connectivity index (χ2n) is 4.30. The number of hydrogen-bond acceptors (Lipinski definition) is 4. The highest BCUT2D eigenvalue weighted by Crippen LogP contribution is 2.25. The zero-order valence-electron chi connectivity index (χ0n) is 8.98. The minimum atomic E-state index is -2.08. The number of aromatic nitrogens is 2. The number of halogens is 1. The highest BCUT2D eigenvalue weighted by molar-refractivity contribution is 9.10. The van der Waals surface area contributed by atoms with Crippen LogP contribution in [0.2, 0.25) is 5.04 Å². The molecule has 0 radical (unpaired) electrons. The maximum atomic E-state index is 9.79. The molecule has 1 rings (SSSR count). The standard InChI is InChI=1S/C9H14BrN3OSi/c1-9(2,3)15(14)11-6-7-4-5-8(10)13-12-7/h4-6,14-15H,1-3H3/b11-6+. The van der Waals surface area contributed by atoms with Crippen LogP contribution in [0.3, 0.4) is 0 Å². The number of hydrogen-bond donors (Lipinski definition) is 1. The molecule has 1 heterocycles. The van der Waals surface area contributed by atoms with Gasteiger partial charge in [-0.1, -0.05) is 20.8 Å². The van der Waals surface area contributed by atoms with Crippen LogP contribution in [-0.4, -0.2) is 30.4 Å². The van der Waals surface area contributed by atoms with E-state index >= 15 is 0 Å². The Morgan fingerprint density at radius 3 is 2.53 bits per heavy atom. The topological polar surface area (TPSA) is 58.4 Å². The zero-order valence-corrected chi connectivity index (χ0v) is 11.7. The average molecular weight is 288 g/mol. The molecule has 1 atom stereocenters. The van der Waals surface area contributed by atoms with Crippen LogP contribution < -0.4 is 0 Å². The Labute approximate surface area is 99.4 Å². The normalized spacial score (nSPS) is 14.5. The number of rotatable bonds is 2. The van der Waals surface area contributed by atoms with E-state index in [4.69, 9.17) is 0 Å². The van der Waals surface area contributed by atoms with E-state index in [1.807, 2.05) is 20.8 Å². The van der Waals surface area contributed by atoms with Gasteiger partial charge >= 0.3 is 9.20 Å².